The molecule has 0 aromatic carbocycles. The number of rotatable bonds is 2. The van der Waals surface area contributed by atoms with Crippen LogP contribution in [0.25, 0.3) is 0 Å². The number of likely N-dealkylation sites (tertiary alicyclic amines) is 1. The molecule has 1 aromatic heterocycles. The average molecular weight is 277 g/mol. The van der Waals surface area contributed by atoms with E-state index in [-0.39, 0.29) is 11.9 Å². The number of amides is 1. The fourth-order valence-corrected chi connectivity index (χ4v) is 3.15. The van der Waals surface area contributed by atoms with Gasteiger partial charge in [0, 0.05) is 26.1 Å². The van der Waals surface area contributed by atoms with E-state index in [1.54, 1.807) is 6.33 Å². The number of aromatic nitrogens is 2. The third-order valence-corrected chi connectivity index (χ3v) is 4.61. The van der Waals surface area contributed by atoms with Gasteiger partial charge in [0.05, 0.1) is 23.8 Å². The van der Waals surface area contributed by atoms with Gasteiger partial charge in [-0.3, -0.25) is 10.1 Å². The minimum atomic E-state index is -0.129. The molecule has 1 fully saturated rings. The molecule has 0 bridgehead atoms. The van der Waals surface area contributed by atoms with Crippen LogP contribution < -0.4 is 5.32 Å². The van der Waals surface area contributed by atoms with Gasteiger partial charge in [-0.25, -0.2) is 4.98 Å². The summed E-state index contributed by atoms with van der Waals surface area (Å²) in [6.07, 6.45) is 4.53. The van der Waals surface area contributed by atoms with Crippen LogP contribution in [-0.4, -0.2) is 64.9 Å². The van der Waals surface area contributed by atoms with Gasteiger partial charge in [0.2, 0.25) is 5.91 Å². The van der Waals surface area contributed by atoms with Gasteiger partial charge in [-0.2, -0.15) is 0 Å². The van der Waals surface area contributed by atoms with Gasteiger partial charge in [-0.1, -0.05) is 0 Å². The fraction of sp³-hybridized carbons (Fsp3) is 0.714. The first-order valence-electron chi connectivity index (χ1n) is 7.35. The molecule has 0 aliphatic carbocycles. The minimum Gasteiger partial charge on any atom is -0.347 e. The van der Waals surface area contributed by atoms with Crippen molar-refractivity contribution < 1.29 is 4.79 Å². The molecule has 6 heteroatoms. The first-order chi connectivity index (χ1) is 9.65. The van der Waals surface area contributed by atoms with Crippen molar-refractivity contribution in [3.63, 3.8) is 0 Å². The second-order valence-corrected chi connectivity index (χ2v) is 5.95. The van der Waals surface area contributed by atoms with Crippen LogP contribution >= 0.6 is 0 Å². The number of fused-ring (bicyclic) bond motifs is 1. The number of hydrogen-bond donors (Lipinski definition) is 2. The van der Waals surface area contributed by atoms with Gasteiger partial charge in [0.1, 0.15) is 0 Å². The lowest BCUT2D eigenvalue weighted by molar-refractivity contribution is -0.135. The number of H-pyrrole nitrogens is 1. The van der Waals surface area contributed by atoms with Gasteiger partial charge in [0.15, 0.2) is 0 Å². The van der Waals surface area contributed by atoms with Gasteiger partial charge in [-0.05, 0) is 33.0 Å². The summed E-state index contributed by atoms with van der Waals surface area (Å²) >= 11 is 0. The molecule has 20 heavy (non-hydrogen) atoms. The minimum absolute atomic E-state index is 0.129. The average Bonchev–Trinajstić information content (AvgIpc) is 2.94. The van der Waals surface area contributed by atoms with Crippen molar-refractivity contribution >= 4 is 5.91 Å². The lowest BCUT2D eigenvalue weighted by Crippen LogP contribution is -2.53. The van der Waals surface area contributed by atoms with Crippen LogP contribution in [0.4, 0.5) is 0 Å². The van der Waals surface area contributed by atoms with Crippen LogP contribution in [0.1, 0.15) is 24.2 Å². The second-order valence-electron chi connectivity index (χ2n) is 5.95. The topological polar surface area (TPSA) is 64.3 Å². The number of hydrogen-bond acceptors (Lipinski definition) is 4. The third-order valence-electron chi connectivity index (χ3n) is 4.61. The molecule has 0 saturated carbocycles. The first-order valence-corrected chi connectivity index (χ1v) is 7.35. The first kappa shape index (κ1) is 13.6. The van der Waals surface area contributed by atoms with E-state index in [0.29, 0.717) is 19.0 Å². The zero-order valence-electron chi connectivity index (χ0n) is 12.2. The molecule has 0 spiro atoms. The molecule has 1 aromatic rings. The maximum Gasteiger partial charge on any atom is 0.240 e. The third kappa shape index (κ3) is 2.58. The molecule has 1 unspecified atom stereocenters. The molecule has 2 N–H and O–H groups in total. The number of carbonyl (C=O) groups excluding carboxylic acids is 1. The molecule has 1 saturated heterocycles. The Kier molecular flexibility index (Phi) is 3.76. The number of piperidine rings is 1. The SMILES string of the molecule is CN1CCC(N(C)C(=O)C2Cc3nc[nH]c3CN2)CC1. The summed E-state index contributed by atoms with van der Waals surface area (Å²) in [5.74, 6) is 0.202. The maximum absolute atomic E-state index is 12.6. The molecular weight excluding hydrogens is 254 g/mol. The monoisotopic (exact) mass is 277 g/mol. The summed E-state index contributed by atoms with van der Waals surface area (Å²) in [7, 11) is 4.08. The number of imidazole rings is 1. The number of likely N-dealkylation sites (N-methyl/N-ethyl adjacent to an activating group) is 1. The summed E-state index contributed by atoms with van der Waals surface area (Å²) < 4.78 is 0. The Balaban J connectivity index is 1.61. The summed E-state index contributed by atoms with van der Waals surface area (Å²) in [5, 5.41) is 3.32. The highest BCUT2D eigenvalue weighted by molar-refractivity contribution is 5.82. The molecule has 1 atom stereocenters. The Hall–Kier alpha value is -1.40. The van der Waals surface area contributed by atoms with Crippen LogP contribution in [0.2, 0.25) is 0 Å². The Labute approximate surface area is 119 Å². The molecule has 110 valence electrons. The summed E-state index contributed by atoms with van der Waals surface area (Å²) in [4.78, 5) is 24.3. The zero-order valence-corrected chi connectivity index (χ0v) is 12.2. The van der Waals surface area contributed by atoms with E-state index in [9.17, 15) is 4.79 Å². The molecule has 3 rings (SSSR count). The highest BCUT2D eigenvalue weighted by Gasteiger charge is 2.31. The smallest absolute Gasteiger partial charge is 0.240 e. The quantitative estimate of drug-likeness (QED) is 0.797. The molecule has 1 amide bonds. The lowest BCUT2D eigenvalue weighted by Gasteiger charge is -2.37. The number of nitrogens with one attached hydrogen (secondary N) is 2. The van der Waals surface area contributed by atoms with Crippen molar-refractivity contribution in [1.82, 2.24) is 25.1 Å². The second kappa shape index (κ2) is 5.54. The highest BCUT2D eigenvalue weighted by atomic mass is 16.2. The van der Waals surface area contributed by atoms with Crippen molar-refractivity contribution in [3.8, 4) is 0 Å². The number of aromatic amines is 1. The van der Waals surface area contributed by atoms with Crippen LogP contribution in [0.3, 0.4) is 0 Å². The Morgan fingerprint density at radius 3 is 2.95 bits per heavy atom. The normalized spacial score (nSPS) is 24.4. The van der Waals surface area contributed by atoms with Crippen molar-refractivity contribution in [2.75, 3.05) is 27.2 Å². The fourth-order valence-electron chi connectivity index (χ4n) is 3.15. The standard InChI is InChI=1S/C14H23N5O/c1-18-5-3-10(4-6-18)19(2)14(20)12-7-11-13(8-15-12)17-9-16-11/h9-10,12,15H,3-8H2,1-2H3,(H,16,17). The Morgan fingerprint density at radius 2 is 2.20 bits per heavy atom. The zero-order chi connectivity index (χ0) is 14.1. The van der Waals surface area contributed by atoms with E-state index in [1.165, 1.54) is 0 Å². The summed E-state index contributed by atoms with van der Waals surface area (Å²) in [6.45, 7) is 2.85. The van der Waals surface area contributed by atoms with Crippen LogP contribution in [0.15, 0.2) is 6.33 Å². The lowest BCUT2D eigenvalue weighted by atomic mass is 10.0. The van der Waals surface area contributed by atoms with Crippen LogP contribution in [-0.2, 0) is 17.8 Å². The Morgan fingerprint density at radius 1 is 1.45 bits per heavy atom. The van der Waals surface area contributed by atoms with Crippen molar-refractivity contribution in [2.24, 2.45) is 0 Å². The van der Waals surface area contributed by atoms with Crippen molar-refractivity contribution in [1.29, 1.82) is 0 Å². The van der Waals surface area contributed by atoms with Gasteiger partial charge >= 0.3 is 0 Å². The molecular formula is C14H23N5O. The number of nitrogens with zero attached hydrogens (tertiary/aromatic N) is 3. The number of carbonyl (C=O) groups is 1. The van der Waals surface area contributed by atoms with Crippen molar-refractivity contribution in [3.05, 3.63) is 17.7 Å². The Bertz CT molecular complexity index is 478. The summed E-state index contributed by atoms with van der Waals surface area (Å²) in [6, 6.07) is 0.247. The summed E-state index contributed by atoms with van der Waals surface area (Å²) in [5.41, 5.74) is 2.13. The van der Waals surface area contributed by atoms with Crippen LogP contribution in [0, 0.1) is 0 Å². The van der Waals surface area contributed by atoms with E-state index in [4.69, 9.17) is 0 Å². The predicted molar refractivity (Wildman–Crippen MR) is 76.2 cm³/mol. The molecule has 6 nitrogen and oxygen atoms in total. The van der Waals surface area contributed by atoms with Crippen LogP contribution in [0.5, 0.6) is 0 Å². The van der Waals surface area contributed by atoms with E-state index >= 15 is 0 Å². The van der Waals surface area contributed by atoms with E-state index in [1.807, 2.05) is 11.9 Å². The molecule has 2 aliphatic rings. The largest absolute Gasteiger partial charge is 0.347 e. The van der Waals surface area contributed by atoms with Gasteiger partial charge < -0.3 is 14.8 Å². The molecule has 3 heterocycles. The van der Waals surface area contributed by atoms with Gasteiger partial charge in [-0.15, -0.1) is 0 Å². The maximum atomic E-state index is 12.6. The molecule has 2 aliphatic heterocycles. The van der Waals surface area contributed by atoms with E-state index < -0.39 is 0 Å². The predicted octanol–water partition coefficient (Wildman–Crippen LogP) is -0.0234. The van der Waals surface area contributed by atoms with Crippen molar-refractivity contribution in [2.45, 2.75) is 37.9 Å². The van der Waals surface area contributed by atoms with E-state index in [0.717, 1.165) is 37.3 Å². The molecule has 0 radical (unpaired) electrons. The van der Waals surface area contributed by atoms with Gasteiger partial charge in [0.25, 0.3) is 0 Å². The van der Waals surface area contributed by atoms with E-state index in [2.05, 4.69) is 27.2 Å². The highest BCUT2D eigenvalue weighted by Crippen LogP contribution is 2.18.